The number of piperidine rings is 1. The molecule has 5 heteroatoms. The van der Waals surface area contributed by atoms with Crippen molar-refractivity contribution in [2.75, 3.05) is 16.9 Å². The third-order valence-corrected chi connectivity index (χ3v) is 3.60. The quantitative estimate of drug-likeness (QED) is 0.632. The summed E-state index contributed by atoms with van der Waals surface area (Å²) in [6.45, 7) is 5.40. The summed E-state index contributed by atoms with van der Waals surface area (Å²) >= 11 is 0. The van der Waals surface area contributed by atoms with Gasteiger partial charge in [0.15, 0.2) is 0 Å². The van der Waals surface area contributed by atoms with Gasteiger partial charge in [0, 0.05) is 24.3 Å². The van der Waals surface area contributed by atoms with Crippen LogP contribution in [0.2, 0.25) is 0 Å². The summed E-state index contributed by atoms with van der Waals surface area (Å²) in [6.07, 6.45) is 8.13. The minimum atomic E-state index is 0.497. The van der Waals surface area contributed by atoms with Crippen LogP contribution in [0.15, 0.2) is 6.20 Å². The average Bonchev–Trinajstić information content (AvgIpc) is 2.41. The van der Waals surface area contributed by atoms with E-state index in [1.54, 1.807) is 0 Å². The topological polar surface area (TPSA) is 67.1 Å². The van der Waals surface area contributed by atoms with E-state index in [-0.39, 0.29) is 0 Å². The zero-order chi connectivity index (χ0) is 13.0. The Hall–Kier alpha value is -1.36. The first-order chi connectivity index (χ1) is 8.76. The van der Waals surface area contributed by atoms with Gasteiger partial charge in [-0.1, -0.05) is 13.3 Å². The van der Waals surface area contributed by atoms with Crippen molar-refractivity contribution in [1.29, 1.82) is 0 Å². The highest BCUT2D eigenvalue weighted by atomic mass is 15.3. The van der Waals surface area contributed by atoms with E-state index in [2.05, 4.69) is 34.1 Å². The normalized spacial score (nSPS) is 19.9. The molecule has 1 atom stereocenters. The molecule has 5 nitrogen and oxygen atoms in total. The molecule has 0 spiro atoms. The summed E-state index contributed by atoms with van der Waals surface area (Å²) < 4.78 is 0. The summed E-state index contributed by atoms with van der Waals surface area (Å²) in [5.74, 6) is 6.93. The number of hydrazine groups is 1. The van der Waals surface area contributed by atoms with Crippen molar-refractivity contribution in [1.82, 2.24) is 9.97 Å². The number of nitrogens with one attached hydrogen (secondary N) is 1. The molecule has 3 N–H and O–H groups in total. The monoisotopic (exact) mass is 249 g/mol. The van der Waals surface area contributed by atoms with Gasteiger partial charge in [0.05, 0.1) is 0 Å². The summed E-state index contributed by atoms with van der Waals surface area (Å²) in [5.41, 5.74) is 3.65. The number of rotatable bonds is 4. The first kappa shape index (κ1) is 13.1. The molecular weight excluding hydrogens is 226 g/mol. The molecule has 0 amide bonds. The van der Waals surface area contributed by atoms with Crippen LogP contribution >= 0.6 is 0 Å². The largest absolute Gasteiger partial charge is 0.353 e. The fraction of sp³-hybridized carbons (Fsp3) is 0.692. The van der Waals surface area contributed by atoms with Crippen LogP contribution in [0.5, 0.6) is 0 Å². The molecule has 1 aliphatic rings. The van der Waals surface area contributed by atoms with Crippen LogP contribution in [-0.2, 0) is 0 Å². The number of nitrogens with zero attached hydrogens (tertiary/aromatic N) is 3. The maximum absolute atomic E-state index is 5.40. The zero-order valence-electron chi connectivity index (χ0n) is 11.3. The van der Waals surface area contributed by atoms with Crippen LogP contribution in [0.4, 0.5) is 11.8 Å². The van der Waals surface area contributed by atoms with E-state index < -0.39 is 0 Å². The summed E-state index contributed by atoms with van der Waals surface area (Å²) in [5, 5.41) is 0. The van der Waals surface area contributed by atoms with Crippen molar-refractivity contribution < 1.29 is 0 Å². The Morgan fingerprint density at radius 3 is 3.06 bits per heavy atom. The van der Waals surface area contributed by atoms with E-state index in [0.717, 1.165) is 17.9 Å². The molecule has 0 radical (unpaired) electrons. The molecule has 1 aliphatic heterocycles. The van der Waals surface area contributed by atoms with E-state index in [1.807, 2.05) is 6.20 Å². The fourth-order valence-corrected chi connectivity index (χ4v) is 2.71. The molecule has 1 unspecified atom stereocenters. The van der Waals surface area contributed by atoms with Gasteiger partial charge in [0.25, 0.3) is 0 Å². The molecule has 1 aromatic rings. The van der Waals surface area contributed by atoms with Crippen molar-refractivity contribution in [3.05, 3.63) is 11.8 Å². The highest BCUT2D eigenvalue weighted by molar-refractivity contribution is 5.49. The number of nitrogens with two attached hydrogens (primary N) is 1. The van der Waals surface area contributed by atoms with Gasteiger partial charge in [-0.15, -0.1) is 0 Å². The molecule has 0 bridgehead atoms. The first-order valence-electron chi connectivity index (χ1n) is 6.83. The Labute approximate surface area is 109 Å². The second-order valence-corrected chi connectivity index (χ2v) is 4.98. The SMILES string of the molecule is CCCC1CCCCN1c1nc(NN)ncc1C. The smallest absolute Gasteiger partial charge is 0.239 e. The molecule has 100 valence electrons. The Morgan fingerprint density at radius 1 is 1.50 bits per heavy atom. The molecule has 1 saturated heterocycles. The number of aromatic nitrogens is 2. The molecular formula is C13H23N5. The van der Waals surface area contributed by atoms with Gasteiger partial charge in [0.2, 0.25) is 5.95 Å². The van der Waals surface area contributed by atoms with Crippen LogP contribution in [0.25, 0.3) is 0 Å². The minimum Gasteiger partial charge on any atom is -0.353 e. The maximum atomic E-state index is 5.40. The maximum Gasteiger partial charge on any atom is 0.239 e. The van der Waals surface area contributed by atoms with Crippen LogP contribution in [0.3, 0.4) is 0 Å². The van der Waals surface area contributed by atoms with Gasteiger partial charge in [0.1, 0.15) is 5.82 Å². The van der Waals surface area contributed by atoms with E-state index in [9.17, 15) is 0 Å². The number of anilines is 2. The predicted molar refractivity (Wildman–Crippen MR) is 74.5 cm³/mol. The second-order valence-electron chi connectivity index (χ2n) is 4.98. The lowest BCUT2D eigenvalue weighted by atomic mass is 9.98. The van der Waals surface area contributed by atoms with Crippen molar-refractivity contribution in [2.45, 2.75) is 52.0 Å². The highest BCUT2D eigenvalue weighted by Gasteiger charge is 2.24. The fourth-order valence-electron chi connectivity index (χ4n) is 2.71. The Kier molecular flexibility index (Phi) is 4.36. The van der Waals surface area contributed by atoms with Crippen molar-refractivity contribution in [3.63, 3.8) is 0 Å². The first-order valence-corrected chi connectivity index (χ1v) is 6.83. The summed E-state index contributed by atoms with van der Waals surface area (Å²) in [4.78, 5) is 11.1. The van der Waals surface area contributed by atoms with E-state index in [1.165, 1.54) is 32.1 Å². The summed E-state index contributed by atoms with van der Waals surface area (Å²) in [6, 6.07) is 0.614. The van der Waals surface area contributed by atoms with E-state index in [0.29, 0.717) is 12.0 Å². The third-order valence-electron chi connectivity index (χ3n) is 3.60. The molecule has 0 aliphatic carbocycles. The van der Waals surface area contributed by atoms with Crippen molar-refractivity contribution >= 4 is 11.8 Å². The second kappa shape index (κ2) is 6.00. The Morgan fingerprint density at radius 2 is 2.33 bits per heavy atom. The highest BCUT2D eigenvalue weighted by Crippen LogP contribution is 2.28. The molecule has 1 aromatic heterocycles. The molecule has 1 fully saturated rings. The van der Waals surface area contributed by atoms with Crippen molar-refractivity contribution in [2.24, 2.45) is 5.84 Å². The van der Waals surface area contributed by atoms with E-state index >= 15 is 0 Å². The van der Waals surface area contributed by atoms with Gasteiger partial charge < -0.3 is 4.90 Å². The lowest BCUT2D eigenvalue weighted by Crippen LogP contribution is -2.40. The van der Waals surface area contributed by atoms with Crippen LogP contribution in [0, 0.1) is 6.92 Å². The minimum absolute atomic E-state index is 0.497. The standard InChI is InChI=1S/C13H23N5/c1-3-6-11-7-4-5-8-18(11)12-10(2)9-15-13(16-12)17-14/h9,11H,3-8,14H2,1-2H3,(H,15,16,17). The van der Waals surface area contributed by atoms with Gasteiger partial charge in [-0.05, 0) is 32.6 Å². The summed E-state index contributed by atoms with van der Waals surface area (Å²) in [7, 11) is 0. The molecule has 2 rings (SSSR count). The molecule has 2 heterocycles. The Balaban J connectivity index is 2.26. The Bertz CT molecular complexity index is 391. The third kappa shape index (κ3) is 2.72. The lowest BCUT2D eigenvalue weighted by Gasteiger charge is -2.37. The van der Waals surface area contributed by atoms with Gasteiger partial charge in [-0.2, -0.15) is 4.98 Å². The number of hydrogen-bond acceptors (Lipinski definition) is 5. The predicted octanol–water partition coefficient (Wildman–Crippen LogP) is 2.23. The molecule has 0 saturated carbocycles. The molecule has 18 heavy (non-hydrogen) atoms. The van der Waals surface area contributed by atoms with Crippen molar-refractivity contribution in [3.8, 4) is 0 Å². The van der Waals surface area contributed by atoms with Gasteiger partial charge >= 0.3 is 0 Å². The van der Waals surface area contributed by atoms with Gasteiger partial charge in [-0.25, -0.2) is 10.8 Å². The van der Waals surface area contributed by atoms with E-state index in [4.69, 9.17) is 5.84 Å². The molecule has 0 aromatic carbocycles. The lowest BCUT2D eigenvalue weighted by molar-refractivity contribution is 0.431. The van der Waals surface area contributed by atoms with Gasteiger partial charge in [-0.3, -0.25) is 5.43 Å². The number of hydrogen-bond donors (Lipinski definition) is 2. The van der Waals surface area contributed by atoms with Crippen LogP contribution in [0.1, 0.15) is 44.6 Å². The average molecular weight is 249 g/mol. The zero-order valence-corrected chi connectivity index (χ0v) is 11.3. The number of nitrogen functional groups attached to an aromatic ring is 1. The van der Waals surface area contributed by atoms with Crippen LogP contribution < -0.4 is 16.2 Å². The number of aryl methyl sites for hydroxylation is 1. The van der Waals surface area contributed by atoms with Crippen LogP contribution in [-0.4, -0.2) is 22.6 Å².